The number of nitrogens with zero attached hydrogens (tertiary/aromatic N) is 2. The van der Waals surface area contributed by atoms with Crippen LogP contribution in [0.25, 0.3) is 0 Å². The molecule has 0 bridgehead atoms. The number of halogens is 2. The van der Waals surface area contributed by atoms with Crippen LogP contribution in [0, 0.1) is 20.2 Å². The van der Waals surface area contributed by atoms with E-state index in [0.717, 1.165) is 24.1 Å². The van der Waals surface area contributed by atoms with Crippen LogP contribution in [0.5, 0.6) is 0 Å². The van der Waals surface area contributed by atoms with E-state index >= 15 is 0 Å². The van der Waals surface area contributed by atoms with Crippen molar-refractivity contribution in [2.45, 2.75) is 11.5 Å². The summed E-state index contributed by atoms with van der Waals surface area (Å²) in [5.41, 5.74) is 0.526. The van der Waals surface area contributed by atoms with Crippen LogP contribution >= 0.6 is 47.3 Å². The Morgan fingerprint density at radius 3 is 1.60 bits per heavy atom. The van der Waals surface area contributed by atoms with Gasteiger partial charge in [0.2, 0.25) is 0 Å². The minimum atomic E-state index is -0.512. The second-order valence-corrected chi connectivity index (χ2v) is 6.99. The third-order valence-electron chi connectivity index (χ3n) is 3.08. The molecule has 132 valence electrons. The highest BCUT2D eigenvalue weighted by Gasteiger charge is 2.18. The Labute approximate surface area is 161 Å². The first-order chi connectivity index (χ1) is 11.9. The van der Waals surface area contributed by atoms with Gasteiger partial charge in [0.25, 0.3) is 11.4 Å². The standard InChI is InChI=1S/C14H10Cl2N2O5S2/c15-11-3-1-5-13(17(19)20)9(11)7-24-23-25-8-10-12(16)4-2-6-14(10)18(21)22/h1-6H,7-8H2. The van der Waals surface area contributed by atoms with Crippen LogP contribution in [0.3, 0.4) is 0 Å². The summed E-state index contributed by atoms with van der Waals surface area (Å²) in [4.78, 5) is 21.0. The highest BCUT2D eigenvalue weighted by atomic mass is 35.5. The predicted octanol–water partition coefficient (Wildman–Crippen LogP) is 5.82. The average molecular weight is 421 g/mol. The molecule has 0 unspecified atom stereocenters. The SMILES string of the molecule is O=[N+]([O-])c1cccc(Cl)c1CSOSCc1c(Cl)cccc1[N+](=O)[O-]. The molecule has 0 N–H and O–H groups in total. The summed E-state index contributed by atoms with van der Waals surface area (Å²) >= 11 is 13.9. The summed E-state index contributed by atoms with van der Waals surface area (Å²) in [7, 11) is 0. The molecule has 0 atom stereocenters. The van der Waals surface area contributed by atoms with E-state index in [0.29, 0.717) is 11.1 Å². The Kier molecular flexibility index (Phi) is 7.33. The summed E-state index contributed by atoms with van der Waals surface area (Å²) < 4.78 is 5.29. The lowest BCUT2D eigenvalue weighted by atomic mass is 10.2. The lowest BCUT2D eigenvalue weighted by Gasteiger charge is -2.06. The van der Waals surface area contributed by atoms with Gasteiger partial charge < -0.3 is 0 Å². The van der Waals surface area contributed by atoms with Gasteiger partial charge in [-0.2, -0.15) is 0 Å². The Hall–Kier alpha value is -1.52. The molecule has 0 heterocycles. The summed E-state index contributed by atoms with van der Waals surface area (Å²) in [5, 5.41) is 22.5. The topological polar surface area (TPSA) is 95.5 Å². The van der Waals surface area contributed by atoms with Gasteiger partial charge in [0, 0.05) is 36.2 Å². The quantitative estimate of drug-likeness (QED) is 0.229. The third-order valence-corrected chi connectivity index (χ3v) is 5.38. The maximum atomic E-state index is 11.0. The Bertz CT molecular complexity index is 741. The van der Waals surface area contributed by atoms with E-state index in [-0.39, 0.29) is 32.9 Å². The van der Waals surface area contributed by atoms with Crippen LogP contribution in [-0.2, 0) is 15.1 Å². The van der Waals surface area contributed by atoms with Crippen molar-refractivity contribution in [3.63, 3.8) is 0 Å². The third kappa shape index (κ3) is 5.23. The molecule has 0 saturated heterocycles. The molecule has 2 rings (SSSR count). The van der Waals surface area contributed by atoms with Gasteiger partial charge in [-0.3, -0.25) is 20.2 Å². The molecule has 0 amide bonds. The van der Waals surface area contributed by atoms with Crippen LogP contribution < -0.4 is 0 Å². The molecule has 0 spiro atoms. The largest absolute Gasteiger partial charge is 0.275 e. The summed E-state index contributed by atoms with van der Waals surface area (Å²) in [5.74, 6) is 0.321. The van der Waals surface area contributed by atoms with Crippen molar-refractivity contribution in [1.82, 2.24) is 0 Å². The van der Waals surface area contributed by atoms with E-state index in [1.807, 2.05) is 0 Å². The molecule has 0 radical (unpaired) electrons. The number of nitro benzene ring substituents is 2. The van der Waals surface area contributed by atoms with E-state index in [1.54, 1.807) is 12.1 Å². The summed E-state index contributed by atoms with van der Waals surface area (Å²) in [6.45, 7) is 0. The molecule has 0 aliphatic rings. The molecule has 11 heteroatoms. The summed E-state index contributed by atoms with van der Waals surface area (Å²) in [6.07, 6.45) is 0. The van der Waals surface area contributed by atoms with E-state index < -0.39 is 9.85 Å². The fourth-order valence-electron chi connectivity index (χ4n) is 1.92. The second kappa shape index (κ2) is 9.25. The van der Waals surface area contributed by atoms with Gasteiger partial charge in [0.05, 0.1) is 42.5 Å². The second-order valence-electron chi connectivity index (χ2n) is 4.58. The van der Waals surface area contributed by atoms with Gasteiger partial charge in [-0.25, -0.2) is 3.63 Å². The molecule has 0 saturated carbocycles. The van der Waals surface area contributed by atoms with Crippen molar-refractivity contribution in [1.29, 1.82) is 0 Å². The molecule has 0 aliphatic heterocycles. The van der Waals surface area contributed by atoms with Crippen molar-refractivity contribution in [2.75, 3.05) is 0 Å². The Balaban J connectivity index is 1.94. The van der Waals surface area contributed by atoms with Gasteiger partial charge in [-0.05, 0) is 12.1 Å². The zero-order valence-corrected chi connectivity index (χ0v) is 15.5. The van der Waals surface area contributed by atoms with Crippen LogP contribution in [-0.4, -0.2) is 9.85 Å². The fraction of sp³-hybridized carbons (Fsp3) is 0.143. The minimum Gasteiger partial charge on any atom is -0.258 e. The maximum Gasteiger partial charge on any atom is 0.275 e. The molecule has 2 aromatic carbocycles. The minimum absolute atomic E-state index is 0.0876. The first-order valence-electron chi connectivity index (χ1n) is 6.66. The van der Waals surface area contributed by atoms with Gasteiger partial charge in [-0.15, -0.1) is 0 Å². The normalized spacial score (nSPS) is 10.6. The number of hydrogen-bond acceptors (Lipinski definition) is 7. The van der Waals surface area contributed by atoms with Crippen molar-refractivity contribution < 1.29 is 13.5 Å². The molecule has 7 nitrogen and oxygen atoms in total. The lowest BCUT2D eigenvalue weighted by molar-refractivity contribution is -0.385. The van der Waals surface area contributed by atoms with Crippen LogP contribution in [0.4, 0.5) is 11.4 Å². The number of rotatable bonds is 8. The van der Waals surface area contributed by atoms with E-state index in [1.165, 1.54) is 24.3 Å². The van der Waals surface area contributed by atoms with Crippen LogP contribution in [0.2, 0.25) is 10.0 Å². The van der Waals surface area contributed by atoms with Gasteiger partial charge in [-0.1, -0.05) is 35.3 Å². The van der Waals surface area contributed by atoms with Crippen molar-refractivity contribution in [3.05, 3.63) is 77.8 Å². The predicted molar refractivity (Wildman–Crippen MR) is 99.9 cm³/mol. The lowest BCUT2D eigenvalue weighted by Crippen LogP contribution is -1.96. The number of hydrogen-bond donors (Lipinski definition) is 0. The number of benzene rings is 2. The van der Waals surface area contributed by atoms with Gasteiger partial charge >= 0.3 is 0 Å². The first kappa shape index (κ1) is 19.8. The highest BCUT2D eigenvalue weighted by molar-refractivity contribution is 8.07. The zero-order chi connectivity index (χ0) is 18.4. The van der Waals surface area contributed by atoms with Crippen LogP contribution in [0.1, 0.15) is 11.1 Å². The van der Waals surface area contributed by atoms with E-state index in [2.05, 4.69) is 0 Å². The number of nitro groups is 2. The monoisotopic (exact) mass is 420 g/mol. The molecular weight excluding hydrogens is 411 g/mol. The van der Waals surface area contributed by atoms with E-state index in [4.69, 9.17) is 26.8 Å². The van der Waals surface area contributed by atoms with Crippen molar-refractivity contribution in [2.24, 2.45) is 0 Å². The molecular formula is C14H10Cl2N2O5S2. The zero-order valence-electron chi connectivity index (χ0n) is 12.4. The van der Waals surface area contributed by atoms with Crippen molar-refractivity contribution >= 4 is 58.7 Å². The van der Waals surface area contributed by atoms with Gasteiger partial charge in [0.1, 0.15) is 0 Å². The first-order valence-corrected chi connectivity index (χ1v) is 9.24. The van der Waals surface area contributed by atoms with Crippen LogP contribution in [0.15, 0.2) is 36.4 Å². The molecule has 0 aliphatic carbocycles. The molecule has 25 heavy (non-hydrogen) atoms. The van der Waals surface area contributed by atoms with E-state index in [9.17, 15) is 20.2 Å². The summed E-state index contributed by atoms with van der Waals surface area (Å²) in [6, 6.07) is 8.85. The Morgan fingerprint density at radius 2 is 1.24 bits per heavy atom. The highest BCUT2D eigenvalue weighted by Crippen LogP contribution is 2.34. The Morgan fingerprint density at radius 1 is 0.840 bits per heavy atom. The molecule has 0 fully saturated rings. The average Bonchev–Trinajstić information content (AvgIpc) is 2.56. The molecule has 2 aromatic rings. The van der Waals surface area contributed by atoms with Crippen molar-refractivity contribution in [3.8, 4) is 0 Å². The maximum absolute atomic E-state index is 11.0. The fourth-order valence-corrected chi connectivity index (χ4v) is 4.05. The van der Waals surface area contributed by atoms with Gasteiger partial charge in [0.15, 0.2) is 0 Å². The smallest absolute Gasteiger partial charge is 0.258 e. The molecule has 0 aromatic heterocycles.